The number of nitrogen functional groups attached to an aromatic ring is 1. The molecule has 0 saturated heterocycles. The molecule has 21 heavy (non-hydrogen) atoms. The lowest BCUT2D eigenvalue weighted by atomic mass is 10.0. The highest BCUT2D eigenvalue weighted by molar-refractivity contribution is 5.79. The number of rotatable bonds is 8. The van der Waals surface area contributed by atoms with E-state index in [4.69, 9.17) is 5.73 Å². The Morgan fingerprint density at radius 1 is 1.19 bits per heavy atom. The molecule has 0 fully saturated rings. The lowest BCUT2D eigenvalue weighted by Gasteiger charge is -2.08. The molecule has 2 rings (SSSR count). The molecule has 0 spiro atoms. The van der Waals surface area contributed by atoms with Crippen molar-refractivity contribution < 1.29 is 5.11 Å². The number of hydrogen-bond acceptors (Lipinski definition) is 3. The molecule has 1 heterocycles. The Hall–Kier alpha value is -1.55. The summed E-state index contributed by atoms with van der Waals surface area (Å²) in [7, 11) is 0. The molecule has 0 radical (unpaired) electrons. The van der Waals surface area contributed by atoms with E-state index in [1.54, 1.807) is 0 Å². The van der Waals surface area contributed by atoms with Crippen molar-refractivity contribution in [2.24, 2.45) is 5.92 Å². The Labute approximate surface area is 127 Å². The molecule has 0 saturated carbocycles. The van der Waals surface area contributed by atoms with Crippen molar-refractivity contribution in [3.8, 4) is 0 Å². The minimum atomic E-state index is -0.0259. The van der Waals surface area contributed by atoms with Gasteiger partial charge < -0.3 is 15.4 Å². The number of aryl methyl sites for hydroxylation is 1. The molecule has 0 aliphatic heterocycles. The van der Waals surface area contributed by atoms with Crippen molar-refractivity contribution >= 4 is 16.7 Å². The zero-order chi connectivity index (χ0) is 15.2. The number of anilines is 1. The maximum absolute atomic E-state index is 9.48. The Kier molecular flexibility index (Phi) is 5.62. The van der Waals surface area contributed by atoms with E-state index in [1.165, 1.54) is 25.7 Å². The second-order valence-electron chi connectivity index (χ2n) is 6.18. The maximum atomic E-state index is 9.48. The molecule has 4 heteroatoms. The Morgan fingerprint density at radius 3 is 2.67 bits per heavy atom. The van der Waals surface area contributed by atoms with Crippen LogP contribution in [0.3, 0.4) is 0 Å². The number of fused-ring (bicyclic) bond motifs is 1. The number of aliphatic hydroxyl groups excluding tert-OH is 1. The van der Waals surface area contributed by atoms with E-state index in [1.807, 2.05) is 18.2 Å². The molecule has 1 aromatic heterocycles. The van der Waals surface area contributed by atoms with Gasteiger partial charge in [-0.15, -0.1) is 0 Å². The van der Waals surface area contributed by atoms with E-state index in [-0.39, 0.29) is 6.61 Å². The third-order valence-electron chi connectivity index (χ3n) is 3.91. The molecule has 2 aromatic rings. The molecule has 0 bridgehead atoms. The van der Waals surface area contributed by atoms with Crippen LogP contribution >= 0.6 is 0 Å². The maximum Gasteiger partial charge on any atom is 0.135 e. The van der Waals surface area contributed by atoms with Gasteiger partial charge in [-0.1, -0.05) is 39.5 Å². The molecule has 1 aromatic carbocycles. The summed E-state index contributed by atoms with van der Waals surface area (Å²) in [5.74, 6) is 1.53. The van der Waals surface area contributed by atoms with Gasteiger partial charge in [-0.25, -0.2) is 4.98 Å². The zero-order valence-electron chi connectivity index (χ0n) is 13.2. The van der Waals surface area contributed by atoms with Gasteiger partial charge in [0.2, 0.25) is 0 Å². The highest BCUT2D eigenvalue weighted by Crippen LogP contribution is 2.20. The monoisotopic (exact) mass is 289 g/mol. The average Bonchev–Trinajstić information content (AvgIpc) is 2.79. The average molecular weight is 289 g/mol. The number of imidazole rings is 1. The molecular weight excluding hydrogens is 262 g/mol. The highest BCUT2D eigenvalue weighted by Gasteiger charge is 2.09. The zero-order valence-corrected chi connectivity index (χ0v) is 13.2. The van der Waals surface area contributed by atoms with Crippen LogP contribution in [-0.4, -0.2) is 14.7 Å². The van der Waals surface area contributed by atoms with E-state index in [0.29, 0.717) is 5.69 Å². The van der Waals surface area contributed by atoms with Gasteiger partial charge in [0, 0.05) is 12.2 Å². The molecule has 0 aliphatic rings. The summed E-state index contributed by atoms with van der Waals surface area (Å²) in [6, 6.07) is 5.76. The number of nitrogens with two attached hydrogens (primary N) is 1. The minimum Gasteiger partial charge on any atom is -0.399 e. The first-order chi connectivity index (χ1) is 10.1. The number of aromatic nitrogens is 2. The quantitative estimate of drug-likeness (QED) is 0.575. The van der Waals surface area contributed by atoms with Gasteiger partial charge in [0.1, 0.15) is 12.4 Å². The second-order valence-corrected chi connectivity index (χ2v) is 6.18. The number of unbranched alkanes of at least 4 members (excludes halogenated alkanes) is 3. The standard InChI is InChI=1S/C17H27N3O/c1-13(2)7-5-3-4-6-10-20-16-9-8-14(18)11-15(16)19-17(20)12-21/h8-9,11,13,21H,3-7,10,12,18H2,1-2H3. The lowest BCUT2D eigenvalue weighted by Crippen LogP contribution is -2.04. The largest absolute Gasteiger partial charge is 0.399 e. The first-order valence-corrected chi connectivity index (χ1v) is 7.97. The van der Waals surface area contributed by atoms with Crippen LogP contribution in [0.1, 0.15) is 51.8 Å². The van der Waals surface area contributed by atoms with Gasteiger partial charge in [0.25, 0.3) is 0 Å². The summed E-state index contributed by atoms with van der Waals surface area (Å²) in [5.41, 5.74) is 8.44. The van der Waals surface area contributed by atoms with Crippen LogP contribution in [0.2, 0.25) is 0 Å². The Bertz CT molecular complexity index is 575. The van der Waals surface area contributed by atoms with Gasteiger partial charge in [0.05, 0.1) is 11.0 Å². The number of nitrogens with zero attached hydrogens (tertiary/aromatic N) is 2. The van der Waals surface area contributed by atoms with E-state index < -0.39 is 0 Å². The van der Waals surface area contributed by atoms with Crippen LogP contribution in [0.25, 0.3) is 11.0 Å². The summed E-state index contributed by atoms with van der Waals surface area (Å²) in [4.78, 5) is 4.46. The van der Waals surface area contributed by atoms with Crippen LogP contribution in [0.15, 0.2) is 18.2 Å². The molecule has 0 amide bonds. The van der Waals surface area contributed by atoms with Crippen molar-refractivity contribution in [2.45, 2.75) is 59.1 Å². The van der Waals surface area contributed by atoms with Gasteiger partial charge in [-0.05, 0) is 30.5 Å². The molecular formula is C17H27N3O. The number of aliphatic hydroxyl groups is 1. The van der Waals surface area contributed by atoms with E-state index >= 15 is 0 Å². The van der Waals surface area contributed by atoms with Crippen LogP contribution in [-0.2, 0) is 13.2 Å². The third-order valence-corrected chi connectivity index (χ3v) is 3.91. The van der Waals surface area contributed by atoms with Crippen molar-refractivity contribution in [1.29, 1.82) is 0 Å². The van der Waals surface area contributed by atoms with E-state index in [9.17, 15) is 5.11 Å². The first-order valence-electron chi connectivity index (χ1n) is 7.97. The van der Waals surface area contributed by atoms with E-state index in [2.05, 4.69) is 23.4 Å². The summed E-state index contributed by atoms with van der Waals surface area (Å²) in [6.45, 7) is 5.44. The normalized spacial score (nSPS) is 11.6. The second kappa shape index (κ2) is 7.46. The molecule has 0 atom stereocenters. The van der Waals surface area contributed by atoms with Crippen LogP contribution < -0.4 is 5.73 Å². The molecule has 3 N–H and O–H groups in total. The van der Waals surface area contributed by atoms with Gasteiger partial charge in [-0.3, -0.25) is 0 Å². The topological polar surface area (TPSA) is 64.1 Å². The molecule has 4 nitrogen and oxygen atoms in total. The third kappa shape index (κ3) is 4.21. The summed E-state index contributed by atoms with van der Waals surface area (Å²) in [6.07, 6.45) is 6.26. The van der Waals surface area contributed by atoms with Crippen LogP contribution in [0.5, 0.6) is 0 Å². The molecule has 0 unspecified atom stereocenters. The fourth-order valence-electron chi connectivity index (χ4n) is 2.74. The lowest BCUT2D eigenvalue weighted by molar-refractivity contribution is 0.265. The van der Waals surface area contributed by atoms with E-state index in [0.717, 1.165) is 35.7 Å². The van der Waals surface area contributed by atoms with Crippen molar-refractivity contribution in [1.82, 2.24) is 9.55 Å². The fraction of sp³-hybridized carbons (Fsp3) is 0.588. The van der Waals surface area contributed by atoms with Gasteiger partial charge >= 0.3 is 0 Å². The number of hydrogen-bond donors (Lipinski definition) is 2. The minimum absolute atomic E-state index is 0.0259. The van der Waals surface area contributed by atoms with Gasteiger partial charge in [-0.2, -0.15) is 0 Å². The summed E-state index contributed by atoms with van der Waals surface area (Å²) < 4.78 is 2.12. The Morgan fingerprint density at radius 2 is 1.95 bits per heavy atom. The fourth-order valence-corrected chi connectivity index (χ4v) is 2.74. The molecule has 116 valence electrons. The van der Waals surface area contributed by atoms with Gasteiger partial charge in [0.15, 0.2) is 0 Å². The predicted molar refractivity (Wildman–Crippen MR) is 88.0 cm³/mol. The highest BCUT2D eigenvalue weighted by atomic mass is 16.3. The van der Waals surface area contributed by atoms with Crippen molar-refractivity contribution in [2.75, 3.05) is 5.73 Å². The first kappa shape index (κ1) is 15.8. The summed E-state index contributed by atoms with van der Waals surface area (Å²) >= 11 is 0. The van der Waals surface area contributed by atoms with Crippen LogP contribution in [0, 0.1) is 5.92 Å². The van der Waals surface area contributed by atoms with Crippen molar-refractivity contribution in [3.05, 3.63) is 24.0 Å². The SMILES string of the molecule is CC(C)CCCCCCn1c(CO)nc2cc(N)ccc21. The Balaban J connectivity index is 1.94. The van der Waals surface area contributed by atoms with Crippen molar-refractivity contribution in [3.63, 3.8) is 0 Å². The predicted octanol–water partition coefficient (Wildman–Crippen LogP) is 3.72. The molecule has 0 aliphatic carbocycles. The van der Waals surface area contributed by atoms with Crippen LogP contribution in [0.4, 0.5) is 5.69 Å². The smallest absolute Gasteiger partial charge is 0.135 e. The number of benzene rings is 1. The summed E-state index contributed by atoms with van der Waals surface area (Å²) in [5, 5.41) is 9.48.